The van der Waals surface area contributed by atoms with Gasteiger partial charge in [0.2, 0.25) is 0 Å². The van der Waals surface area contributed by atoms with Crippen molar-refractivity contribution in [2.45, 2.75) is 0 Å². The highest BCUT2D eigenvalue weighted by molar-refractivity contribution is 5.93. The molecule has 2 heterocycles. The highest BCUT2D eigenvalue weighted by Gasteiger charge is 2.08. The topological polar surface area (TPSA) is 38.4 Å². The van der Waals surface area contributed by atoms with Crippen molar-refractivity contribution in [3.8, 4) is 0 Å². The molecule has 0 fully saturated rings. The summed E-state index contributed by atoms with van der Waals surface area (Å²) in [5.41, 5.74) is 3.46. The van der Waals surface area contributed by atoms with Gasteiger partial charge in [0.25, 0.3) is 0 Å². The smallest absolute Gasteiger partial charge is 0.182 e. The number of hydrogen-bond acceptors (Lipinski definition) is 3. The van der Waals surface area contributed by atoms with E-state index >= 15 is 0 Å². The summed E-state index contributed by atoms with van der Waals surface area (Å²) in [4.78, 5) is 8.45. The van der Waals surface area contributed by atoms with Crippen molar-refractivity contribution >= 4 is 29.1 Å². The minimum Gasteiger partial charge on any atom is -0.441 e. The predicted molar refractivity (Wildman–Crippen MR) is 60.3 cm³/mol. The van der Waals surface area contributed by atoms with Gasteiger partial charge >= 0.3 is 0 Å². The zero-order valence-corrected chi connectivity index (χ0v) is 7.92. The Labute approximate surface area is 86.5 Å². The summed E-state index contributed by atoms with van der Waals surface area (Å²) >= 11 is 0. The molecule has 0 unspecified atom stereocenters. The van der Waals surface area contributed by atoms with Gasteiger partial charge in [-0.25, -0.2) is 4.98 Å². The Morgan fingerprint density at radius 1 is 1.07 bits per heavy atom. The van der Waals surface area contributed by atoms with Crippen LogP contribution in [0.15, 0.2) is 46.2 Å². The van der Waals surface area contributed by atoms with Crippen molar-refractivity contribution in [1.82, 2.24) is 4.98 Å². The highest BCUT2D eigenvalue weighted by Crippen LogP contribution is 2.30. The Hall–Kier alpha value is -2.16. The van der Waals surface area contributed by atoms with Crippen LogP contribution < -0.4 is 0 Å². The van der Waals surface area contributed by atoms with Crippen molar-refractivity contribution in [2.24, 2.45) is 4.99 Å². The van der Waals surface area contributed by atoms with E-state index < -0.39 is 0 Å². The number of aliphatic imine (C=N–C) groups is 1. The van der Waals surface area contributed by atoms with E-state index in [0.29, 0.717) is 0 Å². The van der Waals surface area contributed by atoms with Crippen LogP contribution in [-0.2, 0) is 0 Å². The van der Waals surface area contributed by atoms with Gasteiger partial charge in [-0.05, 0) is 12.1 Å². The molecule has 0 radical (unpaired) electrons. The van der Waals surface area contributed by atoms with Gasteiger partial charge in [0.1, 0.15) is 11.2 Å². The zero-order chi connectivity index (χ0) is 10.1. The van der Waals surface area contributed by atoms with E-state index in [2.05, 4.69) is 9.98 Å². The fraction of sp³-hybridized carbons (Fsp3) is 0. The Morgan fingerprint density at radius 3 is 3.07 bits per heavy atom. The third-order valence-electron chi connectivity index (χ3n) is 2.29. The number of benzene rings is 1. The molecule has 0 aliphatic carbocycles. The van der Waals surface area contributed by atoms with Crippen molar-refractivity contribution in [2.75, 3.05) is 0 Å². The first-order valence-corrected chi connectivity index (χ1v) is 4.69. The van der Waals surface area contributed by atoms with Crippen LogP contribution in [0.25, 0.3) is 17.2 Å². The van der Waals surface area contributed by atoms with Crippen LogP contribution in [-0.4, -0.2) is 11.2 Å². The molecule has 0 atom stereocenters. The molecule has 0 amide bonds. The van der Waals surface area contributed by atoms with Crippen LogP contribution in [0.4, 0.5) is 5.69 Å². The quantitative estimate of drug-likeness (QED) is 0.649. The van der Waals surface area contributed by atoms with Gasteiger partial charge in [-0.15, -0.1) is 0 Å². The molecule has 3 rings (SSSR count). The lowest BCUT2D eigenvalue weighted by molar-refractivity contribution is 0.602. The summed E-state index contributed by atoms with van der Waals surface area (Å²) in [5.74, 6) is 0. The van der Waals surface area contributed by atoms with Crippen molar-refractivity contribution in [1.29, 1.82) is 0 Å². The van der Waals surface area contributed by atoms with Crippen LogP contribution in [0.3, 0.4) is 0 Å². The molecule has 3 nitrogen and oxygen atoms in total. The molecule has 0 spiro atoms. The molecule has 1 aliphatic rings. The molecule has 0 N–H and O–H groups in total. The minimum absolute atomic E-state index is 0.740. The normalized spacial score (nSPS) is 18.1. The molecule has 1 aromatic heterocycles. The SMILES string of the molecule is C1=Nc2c(ccc3ncoc23)/C=C\C=C/1. The lowest BCUT2D eigenvalue weighted by Gasteiger charge is -2.01. The minimum atomic E-state index is 0.740. The highest BCUT2D eigenvalue weighted by atomic mass is 16.3. The average Bonchev–Trinajstić information content (AvgIpc) is 2.65. The number of fused-ring (bicyclic) bond motifs is 3. The average molecular weight is 196 g/mol. The second-order valence-electron chi connectivity index (χ2n) is 3.23. The van der Waals surface area contributed by atoms with Gasteiger partial charge in [-0.2, -0.15) is 0 Å². The Morgan fingerprint density at radius 2 is 2.07 bits per heavy atom. The maximum atomic E-state index is 5.33. The number of allylic oxidation sites excluding steroid dienone is 3. The van der Waals surface area contributed by atoms with E-state index in [0.717, 1.165) is 22.4 Å². The number of hydrogen-bond donors (Lipinski definition) is 0. The van der Waals surface area contributed by atoms with E-state index in [4.69, 9.17) is 4.42 Å². The van der Waals surface area contributed by atoms with E-state index in [1.54, 1.807) is 6.21 Å². The van der Waals surface area contributed by atoms with Gasteiger partial charge in [-0.3, -0.25) is 4.99 Å². The molecule has 3 heteroatoms. The van der Waals surface area contributed by atoms with Crippen LogP contribution in [0.2, 0.25) is 0 Å². The monoisotopic (exact) mass is 196 g/mol. The molecule has 0 saturated heterocycles. The summed E-state index contributed by atoms with van der Waals surface area (Å²) in [6.07, 6.45) is 11.0. The fourth-order valence-corrected chi connectivity index (χ4v) is 1.59. The van der Waals surface area contributed by atoms with Crippen LogP contribution in [0, 0.1) is 0 Å². The Kier molecular flexibility index (Phi) is 1.75. The molecule has 1 aliphatic heterocycles. The molecular weight excluding hydrogens is 188 g/mol. The molecule has 15 heavy (non-hydrogen) atoms. The van der Waals surface area contributed by atoms with Crippen molar-refractivity contribution in [3.05, 3.63) is 42.3 Å². The number of aromatic nitrogens is 1. The van der Waals surface area contributed by atoms with E-state index in [-0.39, 0.29) is 0 Å². The molecule has 0 saturated carbocycles. The molecule has 0 bridgehead atoms. The van der Waals surface area contributed by atoms with E-state index in [9.17, 15) is 0 Å². The van der Waals surface area contributed by atoms with E-state index in [1.165, 1.54) is 6.39 Å². The summed E-state index contributed by atoms with van der Waals surface area (Å²) in [6, 6.07) is 3.93. The largest absolute Gasteiger partial charge is 0.441 e. The van der Waals surface area contributed by atoms with Gasteiger partial charge in [-0.1, -0.05) is 24.3 Å². The van der Waals surface area contributed by atoms with E-state index in [1.807, 2.05) is 36.4 Å². The molecular formula is C12H8N2O. The van der Waals surface area contributed by atoms with Gasteiger partial charge < -0.3 is 4.42 Å². The van der Waals surface area contributed by atoms with Crippen LogP contribution >= 0.6 is 0 Å². The first kappa shape index (κ1) is 8.17. The van der Waals surface area contributed by atoms with Crippen LogP contribution in [0.1, 0.15) is 5.56 Å². The number of oxazole rings is 1. The lowest BCUT2D eigenvalue weighted by atomic mass is 10.1. The van der Waals surface area contributed by atoms with Gasteiger partial charge in [0, 0.05) is 11.8 Å². The molecule has 72 valence electrons. The first-order valence-electron chi connectivity index (χ1n) is 4.69. The van der Waals surface area contributed by atoms with Gasteiger partial charge in [0.05, 0.1) is 0 Å². The maximum Gasteiger partial charge on any atom is 0.182 e. The molecule has 2 aromatic rings. The van der Waals surface area contributed by atoms with Crippen molar-refractivity contribution < 1.29 is 4.42 Å². The first-order chi connectivity index (χ1) is 7.45. The Bertz CT molecular complexity index is 591. The Balaban J connectivity index is 2.37. The summed E-state index contributed by atoms with van der Waals surface area (Å²) in [7, 11) is 0. The standard InChI is InChI=1S/C12H8N2O/c1-2-4-9-5-6-10-12(15-8-14-10)11(9)13-7-3-1/h1-8H/b2-1?,3-1-,4-2-,7-3?,9-4?,13-7?,13-11?. The molecule has 1 aromatic carbocycles. The number of rotatable bonds is 0. The predicted octanol–water partition coefficient (Wildman–Crippen LogP) is 3.11. The summed E-state index contributed by atoms with van der Waals surface area (Å²) < 4.78 is 5.33. The second-order valence-corrected chi connectivity index (χ2v) is 3.23. The third-order valence-corrected chi connectivity index (χ3v) is 2.29. The lowest BCUT2D eigenvalue weighted by Crippen LogP contribution is -1.79. The summed E-state index contributed by atoms with van der Waals surface area (Å²) in [6.45, 7) is 0. The van der Waals surface area contributed by atoms with Crippen molar-refractivity contribution in [3.63, 3.8) is 0 Å². The summed E-state index contributed by atoms with van der Waals surface area (Å²) in [5, 5.41) is 0. The maximum absolute atomic E-state index is 5.33. The second kappa shape index (κ2) is 3.20. The third kappa shape index (κ3) is 1.29. The van der Waals surface area contributed by atoms with Crippen LogP contribution in [0.5, 0.6) is 0 Å². The number of nitrogens with zero attached hydrogens (tertiary/aromatic N) is 2. The zero-order valence-electron chi connectivity index (χ0n) is 7.92. The fourth-order valence-electron chi connectivity index (χ4n) is 1.59. The van der Waals surface area contributed by atoms with Gasteiger partial charge in [0.15, 0.2) is 12.0 Å².